The summed E-state index contributed by atoms with van der Waals surface area (Å²) in [5.74, 6) is -2.36. The number of anilines is 1. The predicted octanol–water partition coefficient (Wildman–Crippen LogP) is 4.59. The number of benzene rings is 1. The number of fused-ring (bicyclic) bond motifs is 2. The normalized spacial score (nSPS) is 25.7. The average molecular weight is 397 g/mol. The lowest BCUT2D eigenvalue weighted by atomic mass is 9.62. The van der Waals surface area contributed by atoms with Gasteiger partial charge in [0.25, 0.3) is 0 Å². The van der Waals surface area contributed by atoms with E-state index >= 15 is 0 Å². The summed E-state index contributed by atoms with van der Waals surface area (Å²) in [7, 11) is 0. The monoisotopic (exact) mass is 396 g/mol. The molecule has 5 rings (SSSR count). The second-order valence-corrected chi connectivity index (χ2v) is 9.11. The molecular weight excluding hydrogens is 372 g/mol. The first-order chi connectivity index (χ1) is 13.3. The molecule has 0 radical (unpaired) electrons. The zero-order valence-corrected chi connectivity index (χ0v) is 17.0. The van der Waals surface area contributed by atoms with Crippen molar-refractivity contribution in [3.63, 3.8) is 0 Å². The molecule has 1 heterocycles. The molecule has 6 heteroatoms. The number of hydrogen-bond donors (Lipinski definition) is 2. The second-order valence-electron chi connectivity index (χ2n) is 7.91. The van der Waals surface area contributed by atoms with Crippen molar-refractivity contribution in [2.75, 3.05) is 5.32 Å². The summed E-state index contributed by atoms with van der Waals surface area (Å²) in [5.41, 5.74) is 4.27. The summed E-state index contributed by atoms with van der Waals surface area (Å²) < 4.78 is 0. The second kappa shape index (κ2) is 7.17. The minimum absolute atomic E-state index is 0.00836. The standard InChI is InChI=1S/C22H24N2O3S/c1-11-4-9-16(12(2)10-11)19-13(3)28-22(23-19)24-20(25)17-14-5-7-15(8-6-14)18(17)21(26)27/h4-5,7,9-10,14-15,17-18H,6,8H2,1-3H3,(H,26,27)(H,23,24,25)/t14-,15-,17-,18+/m0/s1. The molecule has 146 valence electrons. The Morgan fingerprint density at radius 2 is 1.79 bits per heavy atom. The highest BCUT2D eigenvalue weighted by molar-refractivity contribution is 7.16. The van der Waals surface area contributed by atoms with Crippen LogP contribution >= 0.6 is 11.3 Å². The minimum atomic E-state index is -0.884. The predicted molar refractivity (Wildman–Crippen MR) is 110 cm³/mol. The van der Waals surface area contributed by atoms with Crippen molar-refractivity contribution in [1.29, 1.82) is 0 Å². The number of nitrogens with zero attached hydrogens (tertiary/aromatic N) is 1. The van der Waals surface area contributed by atoms with Crippen molar-refractivity contribution in [2.24, 2.45) is 23.7 Å². The molecule has 2 aromatic rings. The first-order valence-corrected chi connectivity index (χ1v) is 10.4. The van der Waals surface area contributed by atoms with E-state index < -0.39 is 17.8 Å². The molecule has 1 saturated carbocycles. The van der Waals surface area contributed by atoms with Gasteiger partial charge < -0.3 is 10.4 Å². The van der Waals surface area contributed by atoms with E-state index in [9.17, 15) is 14.7 Å². The van der Waals surface area contributed by atoms with Crippen molar-refractivity contribution >= 4 is 28.3 Å². The van der Waals surface area contributed by atoms with E-state index in [2.05, 4.69) is 42.3 Å². The molecule has 1 aromatic carbocycles. The minimum Gasteiger partial charge on any atom is -0.481 e. The smallest absolute Gasteiger partial charge is 0.307 e. The molecule has 1 amide bonds. The Bertz CT molecular complexity index is 978. The van der Waals surface area contributed by atoms with Gasteiger partial charge in [0.15, 0.2) is 5.13 Å². The van der Waals surface area contributed by atoms with E-state index in [0.29, 0.717) is 5.13 Å². The van der Waals surface area contributed by atoms with Crippen LogP contribution in [0.1, 0.15) is 28.8 Å². The molecule has 5 nitrogen and oxygen atoms in total. The number of carbonyl (C=O) groups is 2. The third-order valence-corrected chi connectivity index (χ3v) is 6.89. The van der Waals surface area contributed by atoms with Gasteiger partial charge in [-0.2, -0.15) is 0 Å². The zero-order chi connectivity index (χ0) is 20.0. The fourth-order valence-electron chi connectivity index (χ4n) is 4.66. The number of carboxylic acids is 1. The van der Waals surface area contributed by atoms with Crippen molar-refractivity contribution in [3.05, 3.63) is 46.4 Å². The number of rotatable bonds is 4. The third-order valence-electron chi connectivity index (χ3n) is 6.00. The third kappa shape index (κ3) is 3.26. The first-order valence-electron chi connectivity index (χ1n) is 9.62. The lowest BCUT2D eigenvalue weighted by Crippen LogP contribution is -2.47. The molecule has 3 aliphatic carbocycles. The molecule has 2 bridgehead atoms. The van der Waals surface area contributed by atoms with Crippen LogP contribution in [0.15, 0.2) is 30.4 Å². The Balaban J connectivity index is 1.59. The first kappa shape index (κ1) is 18.9. The van der Waals surface area contributed by atoms with E-state index in [4.69, 9.17) is 0 Å². The summed E-state index contributed by atoms with van der Waals surface area (Å²) in [4.78, 5) is 30.5. The zero-order valence-electron chi connectivity index (χ0n) is 16.2. The maximum Gasteiger partial charge on any atom is 0.307 e. The highest BCUT2D eigenvalue weighted by Crippen LogP contribution is 2.45. The topological polar surface area (TPSA) is 79.3 Å². The van der Waals surface area contributed by atoms with E-state index in [1.807, 2.05) is 19.1 Å². The Kier molecular flexibility index (Phi) is 4.83. The summed E-state index contributed by atoms with van der Waals surface area (Å²) in [5, 5.41) is 13.1. The Morgan fingerprint density at radius 3 is 2.39 bits per heavy atom. The van der Waals surface area contributed by atoms with Gasteiger partial charge in [-0.25, -0.2) is 4.98 Å². The van der Waals surface area contributed by atoms with Crippen LogP contribution in [-0.4, -0.2) is 22.0 Å². The van der Waals surface area contributed by atoms with Gasteiger partial charge in [-0.05, 0) is 51.0 Å². The van der Waals surface area contributed by atoms with E-state index in [0.717, 1.165) is 34.5 Å². The molecule has 3 aliphatic rings. The quantitative estimate of drug-likeness (QED) is 0.741. The number of allylic oxidation sites excluding steroid dienone is 2. The summed E-state index contributed by atoms with van der Waals surface area (Å²) >= 11 is 1.44. The number of nitrogens with one attached hydrogen (secondary N) is 1. The Labute approximate surface area is 168 Å². The van der Waals surface area contributed by atoms with Crippen LogP contribution < -0.4 is 5.32 Å². The van der Waals surface area contributed by atoms with E-state index in [-0.39, 0.29) is 17.7 Å². The van der Waals surface area contributed by atoms with Gasteiger partial charge in [-0.1, -0.05) is 35.9 Å². The number of aryl methyl sites for hydroxylation is 3. The van der Waals surface area contributed by atoms with Gasteiger partial charge in [-0.15, -0.1) is 11.3 Å². The number of carboxylic acid groups (broad SMARTS) is 1. The molecule has 28 heavy (non-hydrogen) atoms. The van der Waals surface area contributed by atoms with Crippen molar-refractivity contribution in [1.82, 2.24) is 4.98 Å². The Morgan fingerprint density at radius 1 is 1.11 bits per heavy atom. The largest absolute Gasteiger partial charge is 0.481 e. The summed E-state index contributed by atoms with van der Waals surface area (Å²) in [6, 6.07) is 6.24. The van der Waals surface area contributed by atoms with Gasteiger partial charge in [0.2, 0.25) is 5.91 Å². The van der Waals surface area contributed by atoms with Gasteiger partial charge in [-0.3, -0.25) is 9.59 Å². The van der Waals surface area contributed by atoms with E-state index in [1.54, 1.807) is 0 Å². The number of carbonyl (C=O) groups excluding carboxylic acids is 1. The van der Waals surface area contributed by atoms with Crippen molar-refractivity contribution in [3.8, 4) is 11.3 Å². The molecule has 1 fully saturated rings. The van der Waals surface area contributed by atoms with Gasteiger partial charge in [0.1, 0.15) is 0 Å². The molecule has 0 aliphatic heterocycles. The summed E-state index contributed by atoms with van der Waals surface area (Å²) in [6.07, 6.45) is 5.71. The van der Waals surface area contributed by atoms with Crippen LogP contribution in [-0.2, 0) is 9.59 Å². The van der Waals surface area contributed by atoms with Crippen LogP contribution in [0.5, 0.6) is 0 Å². The molecule has 0 unspecified atom stereocenters. The molecule has 4 atom stereocenters. The van der Waals surface area contributed by atoms with Crippen LogP contribution in [0, 0.1) is 44.4 Å². The van der Waals surface area contributed by atoms with Crippen LogP contribution in [0.2, 0.25) is 0 Å². The molecule has 1 aromatic heterocycles. The van der Waals surface area contributed by atoms with Crippen molar-refractivity contribution < 1.29 is 14.7 Å². The number of aromatic nitrogens is 1. The van der Waals surface area contributed by atoms with Crippen molar-refractivity contribution in [2.45, 2.75) is 33.6 Å². The molecule has 2 N–H and O–H groups in total. The van der Waals surface area contributed by atoms with E-state index in [1.165, 1.54) is 16.9 Å². The van der Waals surface area contributed by atoms with Gasteiger partial charge >= 0.3 is 5.97 Å². The summed E-state index contributed by atoms with van der Waals surface area (Å²) in [6.45, 7) is 6.11. The molecular formula is C22H24N2O3S. The maximum atomic E-state index is 13.0. The highest BCUT2D eigenvalue weighted by Gasteiger charge is 2.48. The number of amides is 1. The SMILES string of the molecule is Cc1ccc(-c2nc(NC(=O)[C@@H]3[C@H](C(=O)O)[C@H]4C=C[C@H]3CC4)sc2C)c(C)c1. The Hall–Kier alpha value is -2.47. The van der Waals surface area contributed by atoms with Crippen LogP contribution in [0.25, 0.3) is 11.3 Å². The highest BCUT2D eigenvalue weighted by atomic mass is 32.1. The van der Waals surface area contributed by atoms with Gasteiger partial charge in [0.05, 0.1) is 17.5 Å². The molecule has 0 spiro atoms. The van der Waals surface area contributed by atoms with Crippen LogP contribution in [0.3, 0.4) is 0 Å². The fourth-order valence-corrected chi connectivity index (χ4v) is 5.49. The lowest BCUT2D eigenvalue weighted by Gasteiger charge is -2.41. The fraction of sp³-hybridized carbons (Fsp3) is 0.409. The number of hydrogen-bond acceptors (Lipinski definition) is 4. The average Bonchev–Trinajstić information content (AvgIpc) is 3.01. The number of thiazole rings is 1. The maximum absolute atomic E-state index is 13.0. The molecule has 0 saturated heterocycles. The number of aliphatic carboxylic acids is 1. The lowest BCUT2D eigenvalue weighted by molar-refractivity contribution is -0.151. The van der Waals surface area contributed by atoms with Crippen LogP contribution in [0.4, 0.5) is 5.13 Å². The van der Waals surface area contributed by atoms with Gasteiger partial charge in [0, 0.05) is 10.4 Å².